The maximum absolute atomic E-state index is 13.3. The van der Waals surface area contributed by atoms with Gasteiger partial charge in [-0.15, -0.1) is 0 Å². The fraction of sp³-hybridized carbons (Fsp3) is 0.409. The summed E-state index contributed by atoms with van der Waals surface area (Å²) >= 11 is 0. The van der Waals surface area contributed by atoms with Crippen LogP contribution in [0.3, 0.4) is 0 Å². The first-order chi connectivity index (χ1) is 13.0. The van der Waals surface area contributed by atoms with Crippen molar-refractivity contribution in [2.75, 3.05) is 13.6 Å². The van der Waals surface area contributed by atoms with Crippen LogP contribution in [0.2, 0.25) is 0 Å². The molecule has 2 heterocycles. The van der Waals surface area contributed by atoms with Crippen LogP contribution in [-0.4, -0.2) is 40.8 Å². The van der Waals surface area contributed by atoms with Gasteiger partial charge < -0.3 is 10.2 Å². The van der Waals surface area contributed by atoms with E-state index in [1.165, 1.54) is 0 Å². The molecule has 1 atom stereocenters. The number of nitrogens with zero attached hydrogens (tertiary/aromatic N) is 2. The number of benzene rings is 1. The van der Waals surface area contributed by atoms with Gasteiger partial charge in [-0.2, -0.15) is 0 Å². The van der Waals surface area contributed by atoms with E-state index >= 15 is 0 Å². The van der Waals surface area contributed by atoms with Gasteiger partial charge in [-0.3, -0.25) is 14.6 Å². The highest BCUT2D eigenvalue weighted by Crippen LogP contribution is 2.48. The zero-order valence-electron chi connectivity index (χ0n) is 15.6. The summed E-state index contributed by atoms with van der Waals surface area (Å²) in [5, 5.41) is 3.36. The minimum Gasteiger partial charge on any atom is -0.348 e. The van der Waals surface area contributed by atoms with Gasteiger partial charge in [0.25, 0.3) is 0 Å². The third kappa shape index (κ3) is 3.46. The molecule has 0 spiro atoms. The molecule has 1 N–H and O–H groups in total. The Morgan fingerprint density at radius 2 is 1.85 bits per heavy atom. The van der Waals surface area contributed by atoms with Gasteiger partial charge in [0.15, 0.2) is 0 Å². The third-order valence-corrected chi connectivity index (χ3v) is 5.92. The fourth-order valence-corrected chi connectivity index (χ4v) is 4.19. The number of carbonyl (C=O) groups excluding carboxylic acids is 2. The molecule has 1 aromatic heterocycles. The fourth-order valence-electron chi connectivity index (χ4n) is 4.19. The number of piperidine rings is 1. The van der Waals surface area contributed by atoms with Crippen LogP contribution < -0.4 is 5.32 Å². The van der Waals surface area contributed by atoms with Crippen LogP contribution >= 0.6 is 0 Å². The molecule has 1 unspecified atom stereocenters. The number of likely N-dealkylation sites (tertiary alicyclic amines) is 1. The molecule has 2 aliphatic rings. The minimum atomic E-state index is -0.474. The van der Waals surface area contributed by atoms with Crippen LogP contribution in [0.1, 0.15) is 36.9 Å². The highest BCUT2D eigenvalue weighted by molar-refractivity contribution is 5.92. The number of rotatable bonds is 5. The van der Waals surface area contributed by atoms with Gasteiger partial charge in [0.05, 0.1) is 11.0 Å². The third-order valence-electron chi connectivity index (χ3n) is 5.92. The lowest BCUT2D eigenvalue weighted by Crippen LogP contribution is -2.62. The number of pyridine rings is 1. The van der Waals surface area contributed by atoms with Crippen LogP contribution in [0.5, 0.6) is 0 Å². The molecule has 140 valence electrons. The Morgan fingerprint density at radius 1 is 1.11 bits per heavy atom. The summed E-state index contributed by atoms with van der Waals surface area (Å²) in [7, 11) is 1.81. The predicted molar refractivity (Wildman–Crippen MR) is 103 cm³/mol. The molecule has 2 amide bonds. The summed E-state index contributed by atoms with van der Waals surface area (Å²) in [5.41, 5.74) is 1.12. The minimum absolute atomic E-state index is 0.0763. The van der Waals surface area contributed by atoms with Crippen molar-refractivity contribution in [2.45, 2.75) is 43.1 Å². The molecule has 5 heteroatoms. The van der Waals surface area contributed by atoms with Gasteiger partial charge in [-0.05, 0) is 37.0 Å². The molecule has 1 saturated heterocycles. The van der Waals surface area contributed by atoms with Crippen molar-refractivity contribution in [1.82, 2.24) is 15.2 Å². The van der Waals surface area contributed by atoms with Gasteiger partial charge in [-0.25, -0.2) is 0 Å². The molecule has 0 radical (unpaired) electrons. The zero-order chi connectivity index (χ0) is 18.9. The number of hydrogen-bond acceptors (Lipinski definition) is 3. The summed E-state index contributed by atoms with van der Waals surface area (Å²) in [6.07, 6.45) is 5.23. The number of amides is 2. The van der Waals surface area contributed by atoms with Gasteiger partial charge >= 0.3 is 0 Å². The van der Waals surface area contributed by atoms with Gasteiger partial charge in [0, 0.05) is 38.3 Å². The van der Waals surface area contributed by atoms with Crippen LogP contribution in [0.4, 0.5) is 0 Å². The smallest absolute Gasteiger partial charge is 0.231 e. The first-order valence-electron chi connectivity index (χ1n) is 9.55. The summed E-state index contributed by atoms with van der Waals surface area (Å²) in [6, 6.07) is 15.8. The Kier molecular flexibility index (Phi) is 4.46. The second-order valence-corrected chi connectivity index (χ2v) is 7.93. The number of likely N-dealkylation sites (N-methyl/N-ethyl adjacent to an activating group) is 1. The van der Waals surface area contributed by atoms with E-state index in [0.717, 1.165) is 24.1 Å². The molecule has 2 aromatic rings. The Hall–Kier alpha value is -2.69. The Bertz CT molecular complexity index is 833. The van der Waals surface area contributed by atoms with Crippen molar-refractivity contribution >= 4 is 11.8 Å². The van der Waals surface area contributed by atoms with E-state index in [9.17, 15) is 9.59 Å². The van der Waals surface area contributed by atoms with Crippen molar-refractivity contribution in [2.24, 2.45) is 0 Å². The van der Waals surface area contributed by atoms with Crippen molar-refractivity contribution in [1.29, 1.82) is 0 Å². The second kappa shape index (κ2) is 6.80. The first-order valence-corrected chi connectivity index (χ1v) is 9.55. The lowest BCUT2D eigenvalue weighted by Gasteiger charge is -2.42. The molecule has 2 fully saturated rings. The molecule has 27 heavy (non-hydrogen) atoms. The van der Waals surface area contributed by atoms with Gasteiger partial charge in [0.2, 0.25) is 11.8 Å². The highest BCUT2D eigenvalue weighted by Gasteiger charge is 2.53. The molecular weight excluding hydrogens is 338 g/mol. The van der Waals surface area contributed by atoms with Gasteiger partial charge in [-0.1, -0.05) is 36.4 Å². The molecular formula is C22H25N3O2. The van der Waals surface area contributed by atoms with Crippen molar-refractivity contribution in [3.05, 3.63) is 66.0 Å². The molecule has 1 aliphatic heterocycles. The monoisotopic (exact) mass is 363 g/mol. The summed E-state index contributed by atoms with van der Waals surface area (Å²) in [5.74, 6) is 0.206. The summed E-state index contributed by atoms with van der Waals surface area (Å²) in [4.78, 5) is 31.6. The van der Waals surface area contributed by atoms with E-state index in [1.807, 2.05) is 55.6 Å². The van der Waals surface area contributed by atoms with Crippen molar-refractivity contribution < 1.29 is 9.59 Å². The Balaban J connectivity index is 1.60. The lowest BCUT2D eigenvalue weighted by atomic mass is 9.83. The zero-order valence-corrected chi connectivity index (χ0v) is 15.6. The number of hydrogen-bond donors (Lipinski definition) is 1. The van der Waals surface area contributed by atoms with Crippen LogP contribution in [-0.2, 0) is 21.4 Å². The van der Waals surface area contributed by atoms with Crippen LogP contribution in [0, 0.1) is 0 Å². The largest absolute Gasteiger partial charge is 0.348 e. The predicted octanol–water partition coefficient (Wildman–Crippen LogP) is 2.46. The van der Waals surface area contributed by atoms with E-state index < -0.39 is 11.0 Å². The highest BCUT2D eigenvalue weighted by atomic mass is 16.2. The van der Waals surface area contributed by atoms with Crippen molar-refractivity contribution in [3.8, 4) is 0 Å². The van der Waals surface area contributed by atoms with E-state index in [4.69, 9.17) is 0 Å². The Labute approximate surface area is 159 Å². The number of nitrogens with one attached hydrogen (secondary N) is 1. The number of aromatic nitrogens is 1. The van der Waals surface area contributed by atoms with E-state index in [1.54, 1.807) is 11.1 Å². The summed E-state index contributed by atoms with van der Waals surface area (Å²) < 4.78 is 0. The summed E-state index contributed by atoms with van der Waals surface area (Å²) in [6.45, 7) is 0.513. The van der Waals surface area contributed by atoms with Crippen LogP contribution in [0.15, 0.2) is 54.7 Å². The first kappa shape index (κ1) is 17.7. The normalized spacial score (nSPS) is 23.7. The maximum atomic E-state index is 13.3. The molecule has 4 rings (SSSR count). The topological polar surface area (TPSA) is 62.3 Å². The molecule has 1 saturated carbocycles. The van der Waals surface area contributed by atoms with Crippen LogP contribution in [0.25, 0.3) is 0 Å². The molecule has 1 aliphatic carbocycles. The average molecular weight is 363 g/mol. The SMILES string of the molecule is CN1CC(Cc2ccccn2)(NC(=O)C2(c3ccccc3)CC2)CCC1=O. The lowest BCUT2D eigenvalue weighted by molar-refractivity contribution is -0.137. The Morgan fingerprint density at radius 3 is 2.48 bits per heavy atom. The standard InChI is InChI=1S/C22H25N3O2/c1-25-16-21(11-10-19(25)26,15-18-9-5-6-14-23-18)24-20(27)22(12-13-22)17-7-3-2-4-8-17/h2-9,14H,10-13,15-16H2,1H3,(H,24,27). The molecule has 1 aromatic carbocycles. The second-order valence-electron chi connectivity index (χ2n) is 7.93. The van der Waals surface area contributed by atoms with E-state index in [-0.39, 0.29) is 11.8 Å². The average Bonchev–Trinajstić information content (AvgIpc) is 3.49. The van der Waals surface area contributed by atoms with Gasteiger partial charge in [0.1, 0.15) is 0 Å². The van der Waals surface area contributed by atoms with E-state index in [0.29, 0.717) is 25.8 Å². The molecule has 5 nitrogen and oxygen atoms in total. The molecule has 0 bridgehead atoms. The quantitative estimate of drug-likeness (QED) is 0.888. The van der Waals surface area contributed by atoms with E-state index in [2.05, 4.69) is 10.3 Å². The number of carbonyl (C=O) groups is 2. The maximum Gasteiger partial charge on any atom is 0.231 e. The van der Waals surface area contributed by atoms with Crippen molar-refractivity contribution in [3.63, 3.8) is 0 Å².